The van der Waals surface area contributed by atoms with E-state index in [2.05, 4.69) is 0 Å². The van der Waals surface area contributed by atoms with Gasteiger partial charge in [0, 0.05) is 0 Å². The molecule has 0 fully saturated rings. The summed E-state index contributed by atoms with van der Waals surface area (Å²) in [5.41, 5.74) is 2.99. The number of hydrogen-bond acceptors (Lipinski definition) is 2. The van der Waals surface area contributed by atoms with Gasteiger partial charge in [0.15, 0.2) is 0 Å². The molecule has 2 N–H and O–H groups in total. The molecule has 0 aliphatic heterocycles. The van der Waals surface area contributed by atoms with Crippen molar-refractivity contribution in [3.63, 3.8) is 0 Å². The molecule has 0 unspecified atom stereocenters. The van der Waals surface area contributed by atoms with Crippen molar-refractivity contribution in [2.75, 3.05) is 0 Å². The Balaban J connectivity index is 1.62. The lowest BCUT2D eigenvalue weighted by Gasteiger charge is -2.04. The maximum atomic E-state index is 10.8. The van der Waals surface area contributed by atoms with Crippen LogP contribution in [-0.2, 0) is 12.8 Å². The second kappa shape index (κ2) is 8.87. The lowest BCUT2D eigenvalue weighted by molar-refractivity contribution is 0.0686. The molecule has 2 aromatic carbocycles. The van der Waals surface area contributed by atoms with Crippen LogP contribution >= 0.6 is 0 Å². The van der Waals surface area contributed by atoms with Gasteiger partial charge < -0.3 is 10.2 Å². The number of aryl methyl sites for hydroxylation is 2. The first-order chi connectivity index (χ1) is 11.6. The number of carboxylic acid groups (broad SMARTS) is 2. The summed E-state index contributed by atoms with van der Waals surface area (Å²) < 4.78 is 0. The number of unbranched alkanes of at least 4 members (excludes halogenated alkanes) is 3. The second-order valence-corrected chi connectivity index (χ2v) is 5.92. The van der Waals surface area contributed by atoms with E-state index in [1.165, 1.54) is 11.1 Å². The first-order valence-corrected chi connectivity index (χ1v) is 8.21. The highest BCUT2D eigenvalue weighted by Gasteiger charge is 2.03. The molecule has 4 nitrogen and oxygen atoms in total. The van der Waals surface area contributed by atoms with Gasteiger partial charge in [0.1, 0.15) is 0 Å². The quantitative estimate of drug-likeness (QED) is 0.669. The minimum atomic E-state index is -0.891. The number of aromatic carboxylic acids is 2. The van der Waals surface area contributed by atoms with Gasteiger partial charge in [-0.25, -0.2) is 9.59 Å². The monoisotopic (exact) mass is 326 g/mol. The van der Waals surface area contributed by atoms with Crippen molar-refractivity contribution in [2.24, 2.45) is 0 Å². The van der Waals surface area contributed by atoms with Crippen molar-refractivity contribution in [2.45, 2.75) is 38.5 Å². The summed E-state index contributed by atoms with van der Waals surface area (Å²) in [7, 11) is 0. The summed E-state index contributed by atoms with van der Waals surface area (Å²) in [6, 6.07) is 14.1. The first kappa shape index (κ1) is 17.7. The zero-order valence-corrected chi connectivity index (χ0v) is 13.6. The molecule has 0 radical (unpaired) electrons. The van der Waals surface area contributed by atoms with Crippen molar-refractivity contribution in [1.29, 1.82) is 0 Å². The van der Waals surface area contributed by atoms with Gasteiger partial charge in [0.25, 0.3) is 0 Å². The Labute approximate surface area is 141 Å². The van der Waals surface area contributed by atoms with E-state index in [-0.39, 0.29) is 0 Å². The third-order valence-electron chi connectivity index (χ3n) is 4.08. The van der Waals surface area contributed by atoms with Gasteiger partial charge in [-0.05, 0) is 61.1 Å². The Morgan fingerprint density at radius 1 is 0.583 bits per heavy atom. The molecule has 0 saturated heterocycles. The first-order valence-electron chi connectivity index (χ1n) is 8.21. The molecular weight excluding hydrogens is 304 g/mol. The van der Waals surface area contributed by atoms with Crippen molar-refractivity contribution in [1.82, 2.24) is 0 Å². The fraction of sp³-hybridized carbons (Fsp3) is 0.300. The summed E-state index contributed by atoms with van der Waals surface area (Å²) in [6.07, 6.45) is 6.37. The molecule has 0 bridgehead atoms. The standard InChI is InChI=1S/C20H22O4/c21-19(22)17-11-7-15(8-12-17)5-3-1-2-4-6-16-9-13-18(14-10-16)20(23)24/h7-14H,1-6H2,(H,21,22)(H,23,24). The molecule has 0 aromatic heterocycles. The molecule has 0 saturated carbocycles. The van der Waals surface area contributed by atoms with Crippen molar-refractivity contribution < 1.29 is 19.8 Å². The molecule has 0 aliphatic carbocycles. The van der Waals surface area contributed by atoms with Gasteiger partial charge in [0.05, 0.1) is 11.1 Å². The molecule has 0 heterocycles. The van der Waals surface area contributed by atoms with Gasteiger partial charge >= 0.3 is 11.9 Å². The summed E-state index contributed by atoms with van der Waals surface area (Å²) >= 11 is 0. The van der Waals surface area contributed by atoms with Crippen LogP contribution in [0.3, 0.4) is 0 Å². The smallest absolute Gasteiger partial charge is 0.335 e. The Hall–Kier alpha value is -2.62. The van der Waals surface area contributed by atoms with E-state index in [1.807, 2.05) is 24.3 Å². The Kier molecular flexibility index (Phi) is 6.55. The second-order valence-electron chi connectivity index (χ2n) is 5.92. The Morgan fingerprint density at radius 2 is 0.917 bits per heavy atom. The van der Waals surface area contributed by atoms with Gasteiger partial charge in [0.2, 0.25) is 0 Å². The number of rotatable bonds is 9. The van der Waals surface area contributed by atoms with E-state index >= 15 is 0 Å². The maximum absolute atomic E-state index is 10.8. The van der Waals surface area contributed by atoms with Crippen LogP contribution < -0.4 is 0 Å². The Bertz CT molecular complexity index is 610. The van der Waals surface area contributed by atoms with E-state index in [9.17, 15) is 9.59 Å². The molecule has 24 heavy (non-hydrogen) atoms. The molecule has 126 valence electrons. The SMILES string of the molecule is O=C(O)c1ccc(CCCCCCc2ccc(C(=O)O)cc2)cc1. The van der Waals surface area contributed by atoms with Gasteiger partial charge in [-0.2, -0.15) is 0 Å². The summed E-state index contributed by atoms with van der Waals surface area (Å²) in [5, 5.41) is 17.7. The van der Waals surface area contributed by atoms with Crippen LogP contribution in [-0.4, -0.2) is 22.2 Å². The number of carbonyl (C=O) groups is 2. The zero-order valence-electron chi connectivity index (χ0n) is 13.6. The third-order valence-corrected chi connectivity index (χ3v) is 4.08. The minimum Gasteiger partial charge on any atom is -0.478 e. The molecule has 2 aromatic rings. The predicted octanol–water partition coefficient (Wildman–Crippen LogP) is 4.43. The predicted molar refractivity (Wildman–Crippen MR) is 92.7 cm³/mol. The van der Waals surface area contributed by atoms with Crippen LogP contribution in [0.25, 0.3) is 0 Å². The largest absolute Gasteiger partial charge is 0.478 e. The lowest BCUT2D eigenvalue weighted by Crippen LogP contribution is -1.96. The highest BCUT2D eigenvalue weighted by molar-refractivity contribution is 5.87. The van der Waals surface area contributed by atoms with Gasteiger partial charge in [-0.1, -0.05) is 37.1 Å². The highest BCUT2D eigenvalue weighted by Crippen LogP contribution is 2.12. The summed E-state index contributed by atoms with van der Waals surface area (Å²) in [5.74, 6) is -1.78. The van der Waals surface area contributed by atoms with E-state index < -0.39 is 11.9 Å². The Morgan fingerprint density at radius 3 is 1.21 bits per heavy atom. The van der Waals surface area contributed by atoms with Crippen molar-refractivity contribution >= 4 is 11.9 Å². The van der Waals surface area contributed by atoms with Crippen LogP contribution in [0.1, 0.15) is 57.5 Å². The third kappa shape index (κ3) is 5.54. The fourth-order valence-corrected chi connectivity index (χ4v) is 2.64. The molecule has 2 rings (SSSR count). The molecule has 0 aliphatic rings. The van der Waals surface area contributed by atoms with Crippen LogP contribution in [0.2, 0.25) is 0 Å². The van der Waals surface area contributed by atoms with E-state index in [4.69, 9.17) is 10.2 Å². The van der Waals surface area contributed by atoms with E-state index in [1.54, 1.807) is 24.3 Å². The number of carboxylic acids is 2. The molecule has 0 atom stereocenters. The molecular formula is C20H22O4. The normalized spacial score (nSPS) is 10.5. The van der Waals surface area contributed by atoms with Crippen LogP contribution in [0.5, 0.6) is 0 Å². The maximum Gasteiger partial charge on any atom is 0.335 e. The van der Waals surface area contributed by atoms with E-state index in [0.29, 0.717) is 11.1 Å². The molecule has 0 amide bonds. The number of benzene rings is 2. The molecule has 4 heteroatoms. The van der Waals surface area contributed by atoms with Gasteiger partial charge in [-0.3, -0.25) is 0 Å². The van der Waals surface area contributed by atoms with Crippen LogP contribution in [0, 0.1) is 0 Å². The van der Waals surface area contributed by atoms with Crippen molar-refractivity contribution in [3.05, 3.63) is 70.8 Å². The zero-order chi connectivity index (χ0) is 17.4. The summed E-state index contributed by atoms with van der Waals surface area (Å²) in [6.45, 7) is 0. The topological polar surface area (TPSA) is 74.6 Å². The fourth-order valence-electron chi connectivity index (χ4n) is 2.64. The van der Waals surface area contributed by atoms with Crippen molar-refractivity contribution in [3.8, 4) is 0 Å². The summed E-state index contributed by atoms with van der Waals surface area (Å²) in [4.78, 5) is 21.6. The van der Waals surface area contributed by atoms with Gasteiger partial charge in [-0.15, -0.1) is 0 Å². The average molecular weight is 326 g/mol. The molecule has 0 spiro atoms. The van der Waals surface area contributed by atoms with E-state index in [0.717, 1.165) is 38.5 Å². The lowest BCUT2D eigenvalue weighted by atomic mass is 10.0. The number of hydrogen-bond donors (Lipinski definition) is 2. The van der Waals surface area contributed by atoms with Crippen LogP contribution in [0.4, 0.5) is 0 Å². The minimum absolute atomic E-state index is 0.327. The van der Waals surface area contributed by atoms with Crippen LogP contribution in [0.15, 0.2) is 48.5 Å². The average Bonchev–Trinajstić information content (AvgIpc) is 2.58. The highest BCUT2D eigenvalue weighted by atomic mass is 16.4.